The highest BCUT2D eigenvalue weighted by Crippen LogP contribution is 2.19. The molecule has 0 saturated carbocycles. The van der Waals surface area contributed by atoms with Crippen LogP contribution in [0.4, 0.5) is 0 Å². The van der Waals surface area contributed by atoms with Gasteiger partial charge in [-0.05, 0) is 55.3 Å². The molecular weight excluding hydrogens is 262 g/mol. The van der Waals surface area contributed by atoms with Gasteiger partial charge in [0.25, 0.3) is 0 Å². The zero-order valence-corrected chi connectivity index (χ0v) is 12.7. The summed E-state index contributed by atoms with van der Waals surface area (Å²) in [6.45, 7) is 5.87. The maximum absolute atomic E-state index is 9.24. The second kappa shape index (κ2) is 7.70. The third-order valence-corrected chi connectivity index (χ3v) is 3.42. The van der Waals surface area contributed by atoms with Gasteiger partial charge in [-0.3, -0.25) is 0 Å². The van der Waals surface area contributed by atoms with Crippen LogP contribution in [0, 0.1) is 0 Å². The lowest BCUT2D eigenvalue weighted by Crippen LogP contribution is -2.19. The maximum atomic E-state index is 9.24. The Bertz CT molecular complexity index is 534. The zero-order valence-electron chi connectivity index (χ0n) is 12.7. The Balaban J connectivity index is 1.88. The molecular formula is C18H23NO2. The fourth-order valence-electron chi connectivity index (χ4n) is 2.09. The van der Waals surface area contributed by atoms with Gasteiger partial charge < -0.3 is 15.2 Å². The summed E-state index contributed by atoms with van der Waals surface area (Å²) >= 11 is 0. The van der Waals surface area contributed by atoms with Crippen LogP contribution in [0.15, 0.2) is 48.5 Å². The van der Waals surface area contributed by atoms with Crippen molar-refractivity contribution in [1.82, 2.24) is 5.32 Å². The van der Waals surface area contributed by atoms with Gasteiger partial charge in [0.05, 0.1) is 0 Å². The number of ether oxygens (including phenoxy) is 1. The average molecular weight is 285 g/mol. The fourth-order valence-corrected chi connectivity index (χ4v) is 2.09. The van der Waals surface area contributed by atoms with Gasteiger partial charge in [0.1, 0.15) is 18.1 Å². The number of aromatic hydroxyl groups is 1. The van der Waals surface area contributed by atoms with Crippen molar-refractivity contribution in [3.63, 3.8) is 0 Å². The molecule has 0 heterocycles. The highest BCUT2D eigenvalue weighted by atomic mass is 16.5. The van der Waals surface area contributed by atoms with E-state index < -0.39 is 0 Å². The molecule has 0 aliphatic rings. The molecule has 0 spiro atoms. The Morgan fingerprint density at radius 1 is 1.05 bits per heavy atom. The lowest BCUT2D eigenvalue weighted by atomic mass is 10.1. The molecule has 112 valence electrons. The van der Waals surface area contributed by atoms with Crippen LogP contribution in [0.2, 0.25) is 0 Å². The quantitative estimate of drug-likeness (QED) is 0.807. The topological polar surface area (TPSA) is 41.5 Å². The first kappa shape index (κ1) is 15.4. The van der Waals surface area contributed by atoms with E-state index in [0.717, 1.165) is 24.3 Å². The molecule has 2 aromatic rings. The molecule has 2 rings (SSSR count). The van der Waals surface area contributed by atoms with Crippen LogP contribution in [0.25, 0.3) is 0 Å². The summed E-state index contributed by atoms with van der Waals surface area (Å²) in [5, 5.41) is 12.7. The van der Waals surface area contributed by atoms with Crippen LogP contribution in [-0.4, -0.2) is 11.7 Å². The van der Waals surface area contributed by atoms with Gasteiger partial charge in [-0.2, -0.15) is 0 Å². The molecule has 0 fully saturated rings. The molecule has 0 saturated heterocycles. The third kappa shape index (κ3) is 4.80. The zero-order chi connectivity index (χ0) is 15.1. The second-order valence-electron chi connectivity index (χ2n) is 5.20. The Hall–Kier alpha value is -2.00. The molecule has 21 heavy (non-hydrogen) atoms. The number of phenols is 1. The number of hydrogen-bond donors (Lipinski definition) is 2. The van der Waals surface area contributed by atoms with Crippen molar-refractivity contribution in [2.24, 2.45) is 0 Å². The Kier molecular flexibility index (Phi) is 5.64. The molecule has 1 unspecified atom stereocenters. The summed E-state index contributed by atoms with van der Waals surface area (Å²) in [6, 6.07) is 15.6. The monoisotopic (exact) mass is 285 g/mol. The Morgan fingerprint density at radius 2 is 1.71 bits per heavy atom. The van der Waals surface area contributed by atoms with Gasteiger partial charge in [0.2, 0.25) is 0 Å². The van der Waals surface area contributed by atoms with E-state index in [9.17, 15) is 5.11 Å². The molecule has 0 aliphatic carbocycles. The van der Waals surface area contributed by atoms with Gasteiger partial charge in [0, 0.05) is 6.04 Å². The molecule has 0 amide bonds. The number of phenolic OH excluding ortho intramolecular Hbond substituents is 1. The number of benzene rings is 2. The van der Waals surface area contributed by atoms with Crippen molar-refractivity contribution in [2.75, 3.05) is 6.54 Å². The summed E-state index contributed by atoms with van der Waals surface area (Å²) in [4.78, 5) is 0. The molecule has 3 nitrogen and oxygen atoms in total. The summed E-state index contributed by atoms with van der Waals surface area (Å²) in [5.74, 6) is 1.13. The van der Waals surface area contributed by atoms with Gasteiger partial charge in [-0.1, -0.05) is 31.2 Å². The van der Waals surface area contributed by atoms with E-state index in [-0.39, 0.29) is 5.75 Å². The predicted octanol–water partition coefficient (Wildman–Crippen LogP) is 4.03. The van der Waals surface area contributed by atoms with Crippen molar-refractivity contribution < 1.29 is 9.84 Å². The molecule has 0 aromatic heterocycles. The van der Waals surface area contributed by atoms with Crippen molar-refractivity contribution in [1.29, 1.82) is 0 Å². The van der Waals surface area contributed by atoms with Gasteiger partial charge in [-0.15, -0.1) is 0 Å². The first-order chi connectivity index (χ1) is 10.2. The van der Waals surface area contributed by atoms with Crippen LogP contribution in [-0.2, 0) is 6.61 Å². The lowest BCUT2D eigenvalue weighted by Gasteiger charge is -2.14. The van der Waals surface area contributed by atoms with Crippen molar-refractivity contribution in [3.8, 4) is 11.5 Å². The molecule has 0 bridgehead atoms. The molecule has 2 aromatic carbocycles. The maximum Gasteiger partial charge on any atom is 0.119 e. The molecule has 1 atom stereocenters. The van der Waals surface area contributed by atoms with Crippen LogP contribution in [0.5, 0.6) is 11.5 Å². The SMILES string of the molecule is CCCNC(C)c1ccc(OCc2ccc(O)cc2)cc1. The van der Waals surface area contributed by atoms with E-state index in [1.807, 2.05) is 24.3 Å². The summed E-state index contributed by atoms with van der Waals surface area (Å²) in [5.41, 5.74) is 2.30. The fraction of sp³-hybridized carbons (Fsp3) is 0.333. The van der Waals surface area contributed by atoms with E-state index in [4.69, 9.17) is 4.74 Å². The molecule has 0 radical (unpaired) electrons. The summed E-state index contributed by atoms with van der Waals surface area (Å²) in [7, 11) is 0. The Morgan fingerprint density at radius 3 is 2.33 bits per heavy atom. The minimum Gasteiger partial charge on any atom is -0.508 e. The van der Waals surface area contributed by atoms with E-state index in [0.29, 0.717) is 12.6 Å². The predicted molar refractivity (Wildman–Crippen MR) is 85.6 cm³/mol. The third-order valence-electron chi connectivity index (χ3n) is 3.42. The van der Waals surface area contributed by atoms with E-state index in [2.05, 4.69) is 31.3 Å². The average Bonchev–Trinajstić information content (AvgIpc) is 2.52. The first-order valence-corrected chi connectivity index (χ1v) is 7.43. The van der Waals surface area contributed by atoms with Gasteiger partial charge >= 0.3 is 0 Å². The van der Waals surface area contributed by atoms with E-state index in [1.54, 1.807) is 12.1 Å². The largest absolute Gasteiger partial charge is 0.508 e. The highest BCUT2D eigenvalue weighted by Gasteiger charge is 2.04. The van der Waals surface area contributed by atoms with Crippen molar-refractivity contribution >= 4 is 0 Å². The number of hydrogen-bond acceptors (Lipinski definition) is 3. The van der Waals surface area contributed by atoms with Crippen molar-refractivity contribution in [2.45, 2.75) is 32.9 Å². The smallest absolute Gasteiger partial charge is 0.119 e. The van der Waals surface area contributed by atoms with Crippen LogP contribution < -0.4 is 10.1 Å². The Labute approximate surface area is 126 Å². The normalized spacial score (nSPS) is 12.1. The summed E-state index contributed by atoms with van der Waals surface area (Å²) in [6.07, 6.45) is 1.14. The first-order valence-electron chi connectivity index (χ1n) is 7.43. The van der Waals surface area contributed by atoms with Gasteiger partial charge in [-0.25, -0.2) is 0 Å². The molecule has 3 heteroatoms. The van der Waals surface area contributed by atoms with Crippen LogP contribution in [0.1, 0.15) is 37.4 Å². The number of rotatable bonds is 7. The van der Waals surface area contributed by atoms with Gasteiger partial charge in [0.15, 0.2) is 0 Å². The molecule has 0 aliphatic heterocycles. The van der Waals surface area contributed by atoms with Crippen LogP contribution in [0.3, 0.4) is 0 Å². The standard InChI is InChI=1S/C18H23NO2/c1-3-12-19-14(2)16-6-10-18(11-7-16)21-13-15-4-8-17(20)9-5-15/h4-11,14,19-20H,3,12-13H2,1-2H3. The summed E-state index contributed by atoms with van der Waals surface area (Å²) < 4.78 is 5.75. The second-order valence-corrected chi connectivity index (χ2v) is 5.20. The lowest BCUT2D eigenvalue weighted by molar-refractivity contribution is 0.306. The number of nitrogens with one attached hydrogen (secondary N) is 1. The van der Waals surface area contributed by atoms with Crippen LogP contribution >= 0.6 is 0 Å². The van der Waals surface area contributed by atoms with E-state index in [1.165, 1.54) is 5.56 Å². The van der Waals surface area contributed by atoms with Crippen molar-refractivity contribution in [3.05, 3.63) is 59.7 Å². The highest BCUT2D eigenvalue weighted by molar-refractivity contribution is 5.30. The van der Waals surface area contributed by atoms with E-state index >= 15 is 0 Å². The minimum atomic E-state index is 0.275. The molecule has 2 N–H and O–H groups in total. The minimum absolute atomic E-state index is 0.275.